The summed E-state index contributed by atoms with van der Waals surface area (Å²) < 4.78 is 0. The number of rotatable bonds is 4. The normalized spacial score (nSPS) is 14.4. The fraction of sp³-hybridized carbons (Fsp3) is 0.308. The number of amides is 2. The van der Waals surface area contributed by atoms with Gasteiger partial charge in [-0.05, 0) is 31.0 Å². The van der Waals surface area contributed by atoms with E-state index in [-0.39, 0.29) is 11.8 Å². The molecule has 1 aromatic rings. The molecule has 18 heavy (non-hydrogen) atoms. The highest BCUT2D eigenvalue weighted by Crippen LogP contribution is 1.95. The second-order valence-electron chi connectivity index (χ2n) is 4.20. The van der Waals surface area contributed by atoms with Gasteiger partial charge in [0.1, 0.15) is 6.10 Å². The Morgan fingerprint density at radius 3 is 3.00 bits per heavy atom. The number of nitrogens with one attached hydrogen (secondary N) is 1. The van der Waals surface area contributed by atoms with Crippen molar-refractivity contribution in [3.63, 3.8) is 0 Å². The van der Waals surface area contributed by atoms with Crippen LogP contribution < -0.4 is 15.9 Å². The second kappa shape index (κ2) is 5.10. The Morgan fingerprint density at radius 2 is 2.28 bits per heavy atom. The number of carbonyl (C=O) groups is 2. The topological polar surface area (TPSA) is 78.8 Å². The first kappa shape index (κ1) is 12.4. The molecular formula is C13H14N2O3. The van der Waals surface area contributed by atoms with Gasteiger partial charge < -0.3 is 10.4 Å². The molecule has 5 nitrogen and oxygen atoms in total. The zero-order chi connectivity index (χ0) is 13.1. The van der Waals surface area contributed by atoms with E-state index >= 15 is 0 Å². The summed E-state index contributed by atoms with van der Waals surface area (Å²) in [6.45, 7) is 1.88. The minimum absolute atomic E-state index is 0.232. The molecule has 1 aromatic carbocycles. The molecule has 0 saturated heterocycles. The maximum absolute atomic E-state index is 11.1. The van der Waals surface area contributed by atoms with Gasteiger partial charge in [-0.25, -0.2) is 4.99 Å². The number of benzene rings is 1. The smallest absolute Gasteiger partial charge is 0.270 e. The molecular weight excluding hydrogens is 232 g/mol. The van der Waals surface area contributed by atoms with Crippen LogP contribution in [0.1, 0.15) is 12.5 Å². The van der Waals surface area contributed by atoms with E-state index in [9.17, 15) is 9.59 Å². The van der Waals surface area contributed by atoms with E-state index < -0.39 is 6.10 Å². The van der Waals surface area contributed by atoms with Crippen molar-refractivity contribution < 1.29 is 14.7 Å². The maximum atomic E-state index is 11.1. The predicted molar refractivity (Wildman–Crippen MR) is 65.1 cm³/mol. The van der Waals surface area contributed by atoms with Crippen molar-refractivity contribution in [3.05, 3.63) is 34.3 Å². The third kappa shape index (κ3) is 2.81. The van der Waals surface area contributed by atoms with Crippen molar-refractivity contribution in [1.82, 2.24) is 5.32 Å². The van der Waals surface area contributed by atoms with Gasteiger partial charge in [-0.3, -0.25) is 9.59 Å². The van der Waals surface area contributed by atoms with Crippen molar-refractivity contribution in [2.45, 2.75) is 19.4 Å². The lowest BCUT2D eigenvalue weighted by Gasteiger charge is -2.06. The fourth-order valence-electron chi connectivity index (χ4n) is 1.74. The van der Waals surface area contributed by atoms with E-state index in [1.54, 1.807) is 6.07 Å². The van der Waals surface area contributed by atoms with E-state index in [1.165, 1.54) is 13.0 Å². The molecule has 1 aliphatic heterocycles. The highest BCUT2D eigenvalue weighted by Gasteiger charge is 2.07. The number of aliphatic hydroxyl groups is 1. The van der Waals surface area contributed by atoms with Gasteiger partial charge in [0.25, 0.3) is 5.91 Å². The van der Waals surface area contributed by atoms with Crippen LogP contribution in [0.15, 0.2) is 23.2 Å². The lowest BCUT2D eigenvalue weighted by Crippen LogP contribution is -2.34. The summed E-state index contributed by atoms with van der Waals surface area (Å²) in [5, 5.41) is 13.1. The minimum Gasteiger partial charge on any atom is -0.384 e. The number of aliphatic hydroxyl groups excluding tert-OH is 1. The molecule has 0 aromatic heterocycles. The molecule has 0 radical (unpaired) electrons. The van der Waals surface area contributed by atoms with Crippen LogP contribution in [-0.4, -0.2) is 29.6 Å². The summed E-state index contributed by atoms with van der Waals surface area (Å²) in [7, 11) is 0. The molecule has 0 spiro atoms. The zero-order valence-electron chi connectivity index (χ0n) is 10.0. The summed E-state index contributed by atoms with van der Waals surface area (Å²) in [5.41, 5.74) is 1.01. The standard InChI is InChI=1S/C13H14N2O3/c1-8(16)13(18)14-5-4-9-2-3-11-10(6-9)7-12(17)15-11/h2-3,6-8,16H,4-5H2,1H3,(H,14,18)/t8-/m1/s1. The lowest BCUT2D eigenvalue weighted by molar-refractivity contribution is -0.128. The monoisotopic (exact) mass is 246 g/mol. The molecule has 0 saturated carbocycles. The van der Waals surface area contributed by atoms with Gasteiger partial charge in [-0.2, -0.15) is 0 Å². The number of hydrogen-bond donors (Lipinski definition) is 2. The first-order valence-corrected chi connectivity index (χ1v) is 5.75. The first-order valence-electron chi connectivity index (χ1n) is 5.75. The van der Waals surface area contributed by atoms with Crippen molar-refractivity contribution in [2.75, 3.05) is 6.54 Å². The van der Waals surface area contributed by atoms with Gasteiger partial charge in [-0.15, -0.1) is 0 Å². The fourth-order valence-corrected chi connectivity index (χ4v) is 1.74. The Labute approximate surface area is 104 Å². The van der Waals surface area contributed by atoms with Crippen molar-refractivity contribution in [3.8, 4) is 0 Å². The van der Waals surface area contributed by atoms with Gasteiger partial charge in [0.2, 0.25) is 5.91 Å². The van der Waals surface area contributed by atoms with Crippen LogP contribution in [0.5, 0.6) is 0 Å². The van der Waals surface area contributed by atoms with Gasteiger partial charge in [-0.1, -0.05) is 6.07 Å². The number of hydrogen-bond acceptors (Lipinski definition) is 3. The predicted octanol–water partition coefficient (Wildman–Crippen LogP) is -1.33. The van der Waals surface area contributed by atoms with Crippen molar-refractivity contribution in [1.29, 1.82) is 0 Å². The molecule has 0 bridgehead atoms. The molecule has 1 heterocycles. The number of fused-ring (bicyclic) bond motifs is 1. The average Bonchev–Trinajstić information content (AvgIpc) is 2.68. The minimum atomic E-state index is -0.991. The molecule has 0 aliphatic carbocycles. The summed E-state index contributed by atoms with van der Waals surface area (Å²) in [6.07, 6.45) is 1.15. The van der Waals surface area contributed by atoms with Crippen LogP contribution in [0.25, 0.3) is 6.08 Å². The van der Waals surface area contributed by atoms with Crippen molar-refractivity contribution >= 4 is 17.9 Å². The Morgan fingerprint density at radius 1 is 1.50 bits per heavy atom. The molecule has 1 aliphatic rings. The average molecular weight is 246 g/mol. The SMILES string of the molecule is C[C@@H](O)C(=O)NCCc1ccc2c(c1)=CC(=O)N=2. The van der Waals surface area contributed by atoms with E-state index in [1.807, 2.05) is 12.1 Å². The van der Waals surface area contributed by atoms with E-state index in [2.05, 4.69) is 10.3 Å². The van der Waals surface area contributed by atoms with Gasteiger partial charge in [0, 0.05) is 17.8 Å². The third-order valence-corrected chi connectivity index (χ3v) is 2.69. The molecule has 0 unspecified atom stereocenters. The van der Waals surface area contributed by atoms with Crippen LogP contribution >= 0.6 is 0 Å². The Bertz CT molecular complexity index is 605. The number of nitrogens with zero attached hydrogens (tertiary/aromatic N) is 1. The molecule has 2 N–H and O–H groups in total. The molecule has 1 atom stereocenters. The quantitative estimate of drug-likeness (QED) is 0.690. The molecule has 5 heteroatoms. The first-order chi connectivity index (χ1) is 8.56. The summed E-state index contributed by atoms with van der Waals surface area (Å²) in [5.74, 6) is -0.613. The largest absolute Gasteiger partial charge is 0.384 e. The highest BCUT2D eigenvalue weighted by molar-refractivity contribution is 6.06. The highest BCUT2D eigenvalue weighted by atomic mass is 16.3. The van der Waals surface area contributed by atoms with Gasteiger partial charge >= 0.3 is 0 Å². The second-order valence-corrected chi connectivity index (χ2v) is 4.20. The number of carbonyl (C=O) groups excluding carboxylic acids is 2. The van der Waals surface area contributed by atoms with E-state index in [0.717, 1.165) is 10.8 Å². The van der Waals surface area contributed by atoms with E-state index in [0.29, 0.717) is 18.3 Å². The Hall–Kier alpha value is -2.01. The van der Waals surface area contributed by atoms with Crippen molar-refractivity contribution in [2.24, 2.45) is 4.99 Å². The van der Waals surface area contributed by atoms with Crippen LogP contribution in [0.3, 0.4) is 0 Å². The van der Waals surface area contributed by atoms with E-state index in [4.69, 9.17) is 5.11 Å². The Balaban J connectivity index is 1.99. The summed E-state index contributed by atoms with van der Waals surface area (Å²) in [4.78, 5) is 26.0. The molecule has 0 fully saturated rings. The Kier molecular flexibility index (Phi) is 3.53. The van der Waals surface area contributed by atoms with Crippen LogP contribution in [0.2, 0.25) is 0 Å². The van der Waals surface area contributed by atoms with Gasteiger partial charge in [0.05, 0.1) is 5.36 Å². The van der Waals surface area contributed by atoms with Gasteiger partial charge in [0.15, 0.2) is 0 Å². The van der Waals surface area contributed by atoms with Crippen LogP contribution in [0, 0.1) is 0 Å². The molecule has 2 amide bonds. The zero-order valence-corrected chi connectivity index (χ0v) is 10.0. The molecule has 94 valence electrons. The van der Waals surface area contributed by atoms with Crippen LogP contribution in [0.4, 0.5) is 0 Å². The maximum Gasteiger partial charge on any atom is 0.270 e. The third-order valence-electron chi connectivity index (χ3n) is 2.69. The van der Waals surface area contributed by atoms with Crippen LogP contribution in [-0.2, 0) is 16.0 Å². The lowest BCUT2D eigenvalue weighted by atomic mass is 10.1. The summed E-state index contributed by atoms with van der Waals surface area (Å²) >= 11 is 0. The summed E-state index contributed by atoms with van der Waals surface area (Å²) in [6, 6.07) is 5.56. The molecule has 2 rings (SSSR count).